The number of nitrogens with one attached hydrogen (secondary N) is 4. The summed E-state index contributed by atoms with van der Waals surface area (Å²) in [5.41, 5.74) is 17.8. The molecular formula is C21H20N10O3. The highest BCUT2D eigenvalue weighted by Crippen LogP contribution is 2.31. The lowest BCUT2D eigenvalue weighted by Gasteiger charge is -2.11. The van der Waals surface area contributed by atoms with Crippen LogP contribution in [-0.2, 0) is 0 Å². The van der Waals surface area contributed by atoms with Gasteiger partial charge in [0.1, 0.15) is 28.7 Å². The van der Waals surface area contributed by atoms with Crippen LogP contribution >= 0.6 is 0 Å². The molecule has 0 fully saturated rings. The van der Waals surface area contributed by atoms with E-state index in [0.717, 1.165) is 0 Å². The van der Waals surface area contributed by atoms with Crippen LogP contribution in [0.4, 0.5) is 5.69 Å². The highest BCUT2D eigenvalue weighted by Gasteiger charge is 2.17. The number of imidazole rings is 1. The normalized spacial score (nSPS) is 10.6. The van der Waals surface area contributed by atoms with Crippen molar-refractivity contribution in [3.8, 4) is 23.4 Å². The van der Waals surface area contributed by atoms with Gasteiger partial charge in [-0.2, -0.15) is 9.97 Å². The van der Waals surface area contributed by atoms with E-state index in [1.807, 2.05) is 0 Å². The van der Waals surface area contributed by atoms with Crippen molar-refractivity contribution in [2.24, 2.45) is 17.2 Å². The molecule has 2 aromatic heterocycles. The minimum atomic E-state index is -0.760. The second-order valence-electron chi connectivity index (χ2n) is 7.09. The lowest BCUT2D eigenvalue weighted by molar-refractivity contribution is 0.0999. The number of fused-ring (bicyclic) bond motifs is 1. The predicted octanol–water partition coefficient (Wildman–Crippen LogP) is 1.93. The maximum atomic E-state index is 11.8. The van der Waals surface area contributed by atoms with E-state index >= 15 is 0 Å². The molecule has 1 amide bonds. The lowest BCUT2D eigenvalue weighted by Crippen LogP contribution is -2.20. The Labute approximate surface area is 192 Å². The zero-order chi connectivity index (χ0) is 24.4. The van der Waals surface area contributed by atoms with E-state index in [1.54, 1.807) is 31.2 Å². The van der Waals surface area contributed by atoms with Crippen molar-refractivity contribution in [1.82, 2.24) is 19.9 Å². The molecule has 4 aromatic rings. The number of aromatic amines is 1. The van der Waals surface area contributed by atoms with Crippen molar-refractivity contribution in [3.05, 3.63) is 59.4 Å². The third-order valence-corrected chi connectivity index (χ3v) is 4.50. The summed E-state index contributed by atoms with van der Waals surface area (Å²) in [7, 11) is 0. The number of anilines is 1. The minimum Gasteiger partial charge on any atom is -0.437 e. The number of amides is 1. The molecule has 0 aliphatic carbocycles. The van der Waals surface area contributed by atoms with Gasteiger partial charge in [-0.1, -0.05) is 6.07 Å². The molecule has 0 atom stereocenters. The van der Waals surface area contributed by atoms with Gasteiger partial charge in [-0.3, -0.25) is 15.6 Å². The summed E-state index contributed by atoms with van der Waals surface area (Å²) in [6.07, 6.45) is 0. The molecule has 0 saturated heterocycles. The van der Waals surface area contributed by atoms with Gasteiger partial charge < -0.3 is 37.0 Å². The first-order valence-electron chi connectivity index (χ1n) is 9.79. The second-order valence-corrected chi connectivity index (χ2v) is 7.09. The second kappa shape index (κ2) is 8.74. The van der Waals surface area contributed by atoms with Gasteiger partial charge in [0.25, 0.3) is 5.88 Å². The van der Waals surface area contributed by atoms with Gasteiger partial charge in [-0.25, -0.2) is 4.98 Å². The quantitative estimate of drug-likeness (QED) is 0.157. The summed E-state index contributed by atoms with van der Waals surface area (Å²) in [5, 5.41) is 17.6. The molecule has 0 saturated carbocycles. The van der Waals surface area contributed by atoms with Crippen molar-refractivity contribution in [2.75, 3.05) is 5.32 Å². The minimum absolute atomic E-state index is 0.0300. The average molecular weight is 460 g/mol. The van der Waals surface area contributed by atoms with Gasteiger partial charge >= 0.3 is 6.01 Å². The molecule has 13 heteroatoms. The fraction of sp³-hybridized carbons (Fsp3) is 0.0476. The molecule has 2 heterocycles. The molecule has 34 heavy (non-hydrogen) atoms. The Morgan fingerprint density at radius 1 is 0.971 bits per heavy atom. The number of nitrogens with zero attached hydrogens (tertiary/aromatic N) is 3. The highest BCUT2D eigenvalue weighted by atomic mass is 16.5. The Morgan fingerprint density at radius 2 is 1.74 bits per heavy atom. The van der Waals surface area contributed by atoms with Crippen LogP contribution in [0.5, 0.6) is 23.4 Å². The molecule has 0 bridgehead atoms. The van der Waals surface area contributed by atoms with Crippen molar-refractivity contribution in [2.45, 2.75) is 6.92 Å². The van der Waals surface area contributed by atoms with E-state index < -0.39 is 5.91 Å². The van der Waals surface area contributed by atoms with Crippen LogP contribution in [0.15, 0.2) is 42.5 Å². The van der Waals surface area contributed by atoms with Gasteiger partial charge in [0.05, 0.1) is 5.56 Å². The molecule has 10 N–H and O–H groups in total. The van der Waals surface area contributed by atoms with Gasteiger partial charge in [-0.15, -0.1) is 0 Å². The summed E-state index contributed by atoms with van der Waals surface area (Å²) < 4.78 is 11.7. The maximum absolute atomic E-state index is 11.8. The first-order valence-corrected chi connectivity index (χ1v) is 9.79. The number of primary amides is 1. The number of nitrogens with two attached hydrogens (primary N) is 3. The largest absolute Gasteiger partial charge is 0.437 e. The molecule has 2 aromatic carbocycles. The van der Waals surface area contributed by atoms with Crippen LogP contribution < -0.4 is 32.0 Å². The predicted molar refractivity (Wildman–Crippen MR) is 125 cm³/mol. The number of aromatic nitrogens is 4. The number of aryl methyl sites for hydroxylation is 1. The van der Waals surface area contributed by atoms with E-state index in [4.69, 9.17) is 37.5 Å². The fourth-order valence-corrected chi connectivity index (χ4v) is 3.12. The number of guanidine groups is 1. The van der Waals surface area contributed by atoms with Crippen LogP contribution in [0.2, 0.25) is 0 Å². The topological polar surface area (TPSA) is 228 Å². The Hall–Kier alpha value is -5.20. The number of benzene rings is 2. The fourth-order valence-electron chi connectivity index (χ4n) is 3.12. The average Bonchev–Trinajstić information content (AvgIpc) is 3.13. The van der Waals surface area contributed by atoms with E-state index in [-0.39, 0.29) is 40.6 Å². The van der Waals surface area contributed by atoms with Gasteiger partial charge in [0, 0.05) is 17.3 Å². The number of amidine groups is 1. The summed E-state index contributed by atoms with van der Waals surface area (Å²) in [4.78, 5) is 27.8. The van der Waals surface area contributed by atoms with Crippen molar-refractivity contribution >= 4 is 34.6 Å². The summed E-state index contributed by atoms with van der Waals surface area (Å²) in [5.74, 6) is -0.0117. The van der Waals surface area contributed by atoms with Crippen molar-refractivity contribution in [1.29, 1.82) is 10.8 Å². The van der Waals surface area contributed by atoms with E-state index in [0.29, 0.717) is 28.4 Å². The Balaban J connectivity index is 1.71. The van der Waals surface area contributed by atoms with E-state index in [9.17, 15) is 4.79 Å². The SMILES string of the molecule is Cc1nc2nc(Oc3cccc(NC(=N)N)c3)nc(Oc3ccc(C(=N)N)c(C(N)=O)c3)c2[nH]1. The molecule has 13 nitrogen and oxygen atoms in total. The monoisotopic (exact) mass is 460 g/mol. The molecule has 0 spiro atoms. The number of carbonyl (C=O) groups is 1. The van der Waals surface area contributed by atoms with Crippen LogP contribution in [0.1, 0.15) is 21.7 Å². The summed E-state index contributed by atoms with van der Waals surface area (Å²) in [6, 6.07) is 11.0. The van der Waals surface area contributed by atoms with Crippen LogP contribution in [0.25, 0.3) is 11.2 Å². The maximum Gasteiger partial charge on any atom is 0.327 e. The Morgan fingerprint density at radius 3 is 2.44 bits per heavy atom. The number of nitrogen functional groups attached to an aromatic ring is 1. The van der Waals surface area contributed by atoms with Crippen LogP contribution in [0.3, 0.4) is 0 Å². The molecule has 4 rings (SSSR count). The third kappa shape index (κ3) is 4.67. The molecule has 0 radical (unpaired) electrons. The van der Waals surface area contributed by atoms with E-state index in [2.05, 4.69) is 25.3 Å². The smallest absolute Gasteiger partial charge is 0.327 e. The number of carbonyl (C=O) groups excluding carboxylic acids is 1. The summed E-state index contributed by atoms with van der Waals surface area (Å²) >= 11 is 0. The molecule has 172 valence electrons. The summed E-state index contributed by atoms with van der Waals surface area (Å²) in [6.45, 7) is 1.75. The Bertz CT molecular complexity index is 1450. The third-order valence-electron chi connectivity index (χ3n) is 4.50. The van der Waals surface area contributed by atoms with Gasteiger partial charge in [0.15, 0.2) is 11.6 Å². The zero-order valence-corrected chi connectivity index (χ0v) is 17.8. The molecule has 0 aliphatic rings. The highest BCUT2D eigenvalue weighted by molar-refractivity contribution is 6.07. The van der Waals surface area contributed by atoms with Crippen LogP contribution in [-0.4, -0.2) is 37.6 Å². The number of ether oxygens (including phenoxy) is 2. The first-order chi connectivity index (χ1) is 16.2. The molecular weight excluding hydrogens is 440 g/mol. The number of rotatable bonds is 7. The van der Waals surface area contributed by atoms with E-state index in [1.165, 1.54) is 18.2 Å². The standard InChI is InChI=1S/C21H20N10O3/c1-9-27-15-18(28-9)30-21(34-11-4-2-3-10(7-11)29-20(25)26)31-19(15)33-12-5-6-13(16(22)23)14(8-12)17(24)32/h2-8H,1H3,(H3,22,23)(H2,24,32)(H4,25,26,29)(H,27,28,30,31). The molecule has 0 aliphatic heterocycles. The molecule has 0 unspecified atom stereocenters. The van der Waals surface area contributed by atoms with Gasteiger partial charge in [-0.05, 0) is 37.3 Å². The number of hydrogen-bond acceptors (Lipinski definition) is 8. The van der Waals surface area contributed by atoms with Crippen molar-refractivity contribution < 1.29 is 14.3 Å². The number of hydrogen-bond donors (Lipinski definition) is 7. The Kier molecular flexibility index (Phi) is 5.66. The van der Waals surface area contributed by atoms with Crippen LogP contribution in [0, 0.1) is 17.7 Å². The lowest BCUT2D eigenvalue weighted by atomic mass is 10.1. The number of H-pyrrole nitrogens is 1. The zero-order valence-electron chi connectivity index (χ0n) is 17.8. The van der Waals surface area contributed by atoms with Crippen molar-refractivity contribution in [3.63, 3.8) is 0 Å². The van der Waals surface area contributed by atoms with Gasteiger partial charge in [0.2, 0.25) is 5.91 Å². The first kappa shape index (κ1) is 22.0.